The van der Waals surface area contributed by atoms with E-state index in [0.717, 1.165) is 0 Å². The maximum atomic E-state index is 5.04. The molecule has 34 valence electrons. The van der Waals surface area contributed by atoms with Gasteiger partial charge in [0, 0.05) is 6.15 Å². The van der Waals surface area contributed by atoms with Crippen molar-refractivity contribution in [1.82, 2.24) is 0 Å². The molecule has 0 aromatic rings. The van der Waals surface area contributed by atoms with Crippen LogP contribution in [0.3, 0.4) is 0 Å². The van der Waals surface area contributed by atoms with Crippen molar-refractivity contribution in [2.24, 2.45) is 0 Å². The van der Waals surface area contributed by atoms with Crippen LogP contribution in [-0.2, 0) is 15.5 Å². The number of halogens is 4. The van der Waals surface area contributed by atoms with Crippen LogP contribution in [-0.4, -0.2) is 0 Å². The summed E-state index contributed by atoms with van der Waals surface area (Å²) in [5.41, 5.74) is 0. The number of rotatable bonds is 0. The summed E-state index contributed by atoms with van der Waals surface area (Å²) in [6.45, 7) is 0. The summed E-state index contributed by atoms with van der Waals surface area (Å²) in [5, 5.41) is 0. The zero-order valence-corrected chi connectivity index (χ0v) is 8.20. The van der Waals surface area contributed by atoms with E-state index in [-0.39, 0.29) is 6.15 Å². The molecule has 0 atom stereocenters. The summed E-state index contributed by atoms with van der Waals surface area (Å²) < 4.78 is 0. The van der Waals surface area contributed by atoms with Crippen LogP contribution in [0.5, 0.6) is 0 Å². The maximum absolute atomic E-state index is 5.04. The fraction of sp³-hybridized carbons (Fsp3) is 0. The van der Waals surface area contributed by atoms with Gasteiger partial charge >= 0.3 is 49.5 Å². The maximum Gasteiger partial charge on any atom is 0 e. The zero-order valence-electron chi connectivity index (χ0n) is 2.72. The Morgan fingerprint density at radius 1 is 0.833 bits per heavy atom. The van der Waals surface area contributed by atoms with E-state index in [1.165, 1.54) is 0 Å². The molecule has 0 saturated carbocycles. The van der Waals surface area contributed by atoms with Crippen LogP contribution in [0.1, 0.15) is 0 Å². The second kappa shape index (κ2) is 3.89. The van der Waals surface area contributed by atoms with E-state index in [1.807, 2.05) is 0 Å². The summed E-state index contributed by atoms with van der Waals surface area (Å²) in [6, 6.07) is 0. The normalized spacial score (nSPS) is 10.0. The predicted molar refractivity (Wildman–Crippen MR) is 23.4 cm³/mol. The fourth-order valence-corrected chi connectivity index (χ4v) is 0. The van der Waals surface area contributed by atoms with Crippen molar-refractivity contribution in [3.8, 4) is 0 Å². The zero-order chi connectivity index (χ0) is 4.50. The molecule has 0 radical (unpaired) electrons. The van der Waals surface area contributed by atoms with Crippen LogP contribution in [0.2, 0.25) is 0 Å². The second-order valence-electron chi connectivity index (χ2n) is 0.429. The van der Waals surface area contributed by atoms with Crippen LogP contribution in [0.25, 0.3) is 0 Å². The second-order valence-corrected chi connectivity index (χ2v) is 22.8. The third kappa shape index (κ3) is 38.3. The van der Waals surface area contributed by atoms with Crippen molar-refractivity contribution in [2.45, 2.75) is 0 Å². The molecule has 0 aliphatic heterocycles. The van der Waals surface area contributed by atoms with Gasteiger partial charge in [0.2, 0.25) is 0 Å². The Bertz CT molecular complexity index is 23.0. The monoisotopic (exact) mass is 234 g/mol. The van der Waals surface area contributed by atoms with Crippen molar-refractivity contribution in [1.29, 1.82) is 0 Å². The summed E-state index contributed by atoms with van der Waals surface area (Å²) >= 11 is -3.29. The fourth-order valence-electron chi connectivity index (χ4n) is 0. The van der Waals surface area contributed by atoms with Crippen LogP contribution in [0.15, 0.2) is 0 Å². The van der Waals surface area contributed by atoms with E-state index in [1.54, 1.807) is 0 Å². The quantitative estimate of drug-likeness (QED) is 0.607. The molecule has 0 rings (SSSR count). The Balaban J connectivity index is 0. The van der Waals surface area contributed by atoms with Gasteiger partial charge in [-0.25, -0.2) is 0 Å². The molecule has 6 heteroatoms. The molecule has 0 bridgehead atoms. The molecule has 0 amide bonds. The van der Waals surface area contributed by atoms with E-state index < -0.39 is 15.5 Å². The largest absolute Gasteiger partial charge is 0 e. The van der Waals surface area contributed by atoms with E-state index >= 15 is 0 Å². The third-order valence-corrected chi connectivity index (χ3v) is 0. The summed E-state index contributed by atoms with van der Waals surface area (Å²) in [7, 11) is 20.1. The molecule has 0 saturated heterocycles. The Morgan fingerprint density at radius 3 is 0.833 bits per heavy atom. The molecule has 0 fully saturated rings. The van der Waals surface area contributed by atoms with Crippen LogP contribution in [0, 0.1) is 6.15 Å². The first kappa shape index (κ1) is 10.8. The topological polar surface area (TPSA) is 0 Å². The SMILES string of the molecule is [Cl][Zr]([Cl])([Cl])[Cl].[He]. The average Bonchev–Trinajstić information content (AvgIpc) is 0.722. The summed E-state index contributed by atoms with van der Waals surface area (Å²) in [5.74, 6) is 0. The van der Waals surface area contributed by atoms with Crippen molar-refractivity contribution in [3.05, 3.63) is 0 Å². The van der Waals surface area contributed by atoms with Gasteiger partial charge in [0.25, 0.3) is 0 Å². The molecular weight excluding hydrogens is 237 g/mol. The molecule has 0 nitrogen and oxygen atoms in total. The summed E-state index contributed by atoms with van der Waals surface area (Å²) in [4.78, 5) is 0. The molecule has 0 heterocycles. The van der Waals surface area contributed by atoms with Crippen LogP contribution >= 0.6 is 34.1 Å². The molecule has 0 aliphatic carbocycles. The molecule has 0 unspecified atom stereocenters. The van der Waals surface area contributed by atoms with Gasteiger partial charge < -0.3 is 0 Å². The first-order valence-corrected chi connectivity index (χ1v) is 13.4. The van der Waals surface area contributed by atoms with Gasteiger partial charge in [-0.3, -0.25) is 0 Å². The minimum atomic E-state index is -3.29. The van der Waals surface area contributed by atoms with Gasteiger partial charge in [-0.05, 0) is 0 Å². The van der Waals surface area contributed by atoms with Gasteiger partial charge in [-0.2, -0.15) is 0 Å². The first-order valence-electron chi connectivity index (χ1n) is 0.756. The minimum absolute atomic E-state index is 0. The van der Waals surface area contributed by atoms with Crippen LogP contribution in [0.4, 0.5) is 0 Å². The van der Waals surface area contributed by atoms with Gasteiger partial charge in [-0.1, -0.05) is 0 Å². The van der Waals surface area contributed by atoms with Crippen molar-refractivity contribution in [2.75, 3.05) is 0 Å². The van der Waals surface area contributed by atoms with Crippen LogP contribution < -0.4 is 0 Å². The van der Waals surface area contributed by atoms with Crippen molar-refractivity contribution in [3.63, 3.8) is 0 Å². The van der Waals surface area contributed by atoms with Gasteiger partial charge in [0.15, 0.2) is 0 Å². The Hall–Kier alpha value is 1.95. The van der Waals surface area contributed by atoms with E-state index in [2.05, 4.69) is 0 Å². The smallest absolute Gasteiger partial charge is 0 e. The molecule has 6 heavy (non-hydrogen) atoms. The van der Waals surface area contributed by atoms with Gasteiger partial charge in [-0.15, -0.1) is 0 Å². The Kier molecular flexibility index (Phi) is 7.04. The predicted octanol–water partition coefficient (Wildman–Crippen LogP) is 2.76. The Labute approximate surface area is 55.1 Å². The molecule has 0 N–H and O–H groups in total. The first-order chi connectivity index (χ1) is 2.00. The minimum Gasteiger partial charge on any atom is 0 e. The van der Waals surface area contributed by atoms with Crippen molar-refractivity contribution >= 4 is 34.1 Å². The number of hydrogen-bond acceptors (Lipinski definition) is 0. The van der Waals surface area contributed by atoms with E-state index in [0.29, 0.717) is 0 Å². The summed E-state index contributed by atoms with van der Waals surface area (Å²) in [6.07, 6.45) is 0. The molecule has 0 spiro atoms. The van der Waals surface area contributed by atoms with Crippen molar-refractivity contribution < 1.29 is 21.6 Å². The molecule has 0 aromatic carbocycles. The van der Waals surface area contributed by atoms with Gasteiger partial charge in [0.1, 0.15) is 0 Å². The third-order valence-electron chi connectivity index (χ3n) is 0. The van der Waals surface area contributed by atoms with Gasteiger partial charge in [0.05, 0.1) is 0 Å². The molecule has 0 aromatic heterocycles. The average molecular weight is 237 g/mol. The number of hydrogen-bond donors (Lipinski definition) is 0. The molecule has 0 aliphatic rings. The standard InChI is InChI=1S/4ClH.He.Zr/h4*1H;;/q;;;;;+4/p-4. The molecular formula is Cl4HeZr. The van der Waals surface area contributed by atoms with E-state index in [9.17, 15) is 0 Å². The Morgan fingerprint density at radius 2 is 0.833 bits per heavy atom. The van der Waals surface area contributed by atoms with E-state index in [4.69, 9.17) is 34.1 Å².